The highest BCUT2D eigenvalue weighted by Crippen LogP contribution is 2.38. The van der Waals surface area contributed by atoms with Crippen LogP contribution in [0.1, 0.15) is 43.1 Å². The minimum atomic E-state index is -1.42. The smallest absolute Gasteiger partial charge is 0.410 e. The molecule has 1 aliphatic heterocycles. The highest BCUT2D eigenvalue weighted by atomic mass is 35.5. The molecule has 1 amide bonds. The molecule has 1 atom stereocenters. The van der Waals surface area contributed by atoms with Crippen LogP contribution in [0.2, 0.25) is 5.02 Å². The molecule has 12 heteroatoms. The number of terminal acetylenes is 1. The summed E-state index contributed by atoms with van der Waals surface area (Å²) in [5.41, 5.74) is 2.80. The first-order valence-corrected chi connectivity index (χ1v) is 14.9. The number of nitrogens with one attached hydrogen (secondary N) is 2. The Bertz CT molecular complexity index is 1750. The molecule has 1 saturated carbocycles. The zero-order valence-corrected chi connectivity index (χ0v) is 24.6. The van der Waals surface area contributed by atoms with E-state index >= 15 is 0 Å². The summed E-state index contributed by atoms with van der Waals surface area (Å²) in [6.07, 6.45) is 8.08. The quantitative estimate of drug-likeness (QED) is 0.140. The number of rotatable bonds is 6. The normalized spacial score (nSPS) is 20.3. The summed E-state index contributed by atoms with van der Waals surface area (Å²) in [5.74, 6) is 2.88. The summed E-state index contributed by atoms with van der Waals surface area (Å²) >= 11 is 6.21. The van der Waals surface area contributed by atoms with Gasteiger partial charge < -0.3 is 19.3 Å². The highest BCUT2D eigenvalue weighted by molar-refractivity contribution is 6.31. The average Bonchev–Trinajstić information content (AvgIpc) is 3.40. The molecule has 226 valence electrons. The van der Waals surface area contributed by atoms with Crippen molar-refractivity contribution in [2.45, 2.75) is 38.3 Å². The Morgan fingerprint density at radius 1 is 1.16 bits per heavy atom. The van der Waals surface area contributed by atoms with Crippen LogP contribution in [-0.2, 0) is 11.3 Å². The predicted octanol–water partition coefficient (Wildman–Crippen LogP) is 5.90. The van der Waals surface area contributed by atoms with Crippen molar-refractivity contribution < 1.29 is 19.0 Å². The lowest BCUT2D eigenvalue weighted by atomic mass is 9.82. The highest BCUT2D eigenvalue weighted by Gasteiger charge is 2.32. The van der Waals surface area contributed by atoms with Crippen molar-refractivity contribution in [1.29, 1.82) is 5.41 Å². The Hall–Kier alpha value is -4.53. The van der Waals surface area contributed by atoms with Crippen LogP contribution in [0.4, 0.5) is 15.1 Å². The topological polar surface area (TPSA) is 129 Å². The van der Waals surface area contributed by atoms with E-state index in [1.165, 1.54) is 12.1 Å². The number of halogens is 2. The third kappa shape index (κ3) is 5.96. The summed E-state index contributed by atoms with van der Waals surface area (Å²) in [4.78, 5) is 27.8. The number of carbonyl (C=O) groups is 1. The minimum absolute atomic E-state index is 0.0919. The van der Waals surface area contributed by atoms with Gasteiger partial charge in [0.15, 0.2) is 17.3 Å². The molecule has 4 aromatic rings. The minimum Gasteiger partial charge on any atom is -0.465 e. The van der Waals surface area contributed by atoms with Crippen molar-refractivity contribution >= 4 is 40.6 Å². The van der Waals surface area contributed by atoms with Crippen LogP contribution >= 0.6 is 11.6 Å². The first-order chi connectivity index (χ1) is 21.3. The number of carboxylic acid groups (broad SMARTS) is 1. The van der Waals surface area contributed by atoms with Gasteiger partial charge >= 0.3 is 6.09 Å². The van der Waals surface area contributed by atoms with Gasteiger partial charge in [0, 0.05) is 24.6 Å². The monoisotopic (exact) mass is 615 g/mol. The summed E-state index contributed by atoms with van der Waals surface area (Å²) in [5, 5.41) is 19.5. The average molecular weight is 616 g/mol. The Morgan fingerprint density at radius 3 is 2.64 bits per heavy atom. The zero-order chi connectivity index (χ0) is 30.8. The molecule has 1 aliphatic carbocycles. The fourth-order valence-corrected chi connectivity index (χ4v) is 6.28. The zero-order valence-electron chi connectivity index (χ0n) is 23.8. The summed E-state index contributed by atoms with van der Waals surface area (Å²) in [6.45, 7) is 2.15. The molecule has 6 rings (SSSR count). The molecule has 0 unspecified atom stereocenters. The van der Waals surface area contributed by atoms with Gasteiger partial charge in [0.1, 0.15) is 17.0 Å². The van der Waals surface area contributed by atoms with Gasteiger partial charge in [-0.05, 0) is 55.4 Å². The molecule has 2 fully saturated rings. The van der Waals surface area contributed by atoms with Gasteiger partial charge in [-0.1, -0.05) is 41.9 Å². The number of hydrogen-bond donors (Lipinski definition) is 3. The lowest BCUT2D eigenvalue weighted by Gasteiger charge is -2.37. The van der Waals surface area contributed by atoms with E-state index in [4.69, 9.17) is 33.2 Å². The largest absolute Gasteiger partial charge is 0.465 e. The molecule has 44 heavy (non-hydrogen) atoms. The van der Waals surface area contributed by atoms with Gasteiger partial charge in [0.05, 0.1) is 24.3 Å². The maximum Gasteiger partial charge on any atom is 0.410 e. The van der Waals surface area contributed by atoms with E-state index in [0.717, 1.165) is 31.2 Å². The third-order valence-electron chi connectivity index (χ3n) is 8.32. The van der Waals surface area contributed by atoms with Crippen LogP contribution in [-0.4, -0.2) is 56.3 Å². The van der Waals surface area contributed by atoms with Gasteiger partial charge in [-0.15, -0.1) is 12.3 Å². The number of amidine groups is 1. The van der Waals surface area contributed by atoms with Crippen molar-refractivity contribution in [2.75, 3.05) is 24.7 Å². The molecular formula is C32H31ClFN7O3. The van der Waals surface area contributed by atoms with Crippen LogP contribution in [0.15, 0.2) is 48.5 Å². The predicted molar refractivity (Wildman–Crippen MR) is 165 cm³/mol. The Kier molecular flexibility index (Phi) is 8.46. The van der Waals surface area contributed by atoms with E-state index < -0.39 is 17.7 Å². The van der Waals surface area contributed by atoms with Crippen LogP contribution in [0.5, 0.6) is 0 Å². The van der Waals surface area contributed by atoms with Crippen LogP contribution in [0.25, 0.3) is 22.4 Å². The maximum absolute atomic E-state index is 14.3. The number of ether oxygens (including phenoxy) is 1. The number of nitrogens with zero attached hydrogens (tertiary/aromatic N) is 5. The Labute approximate surface area is 258 Å². The molecule has 1 saturated heterocycles. The Morgan fingerprint density at radius 2 is 1.93 bits per heavy atom. The molecule has 2 aliphatic rings. The van der Waals surface area contributed by atoms with E-state index in [9.17, 15) is 14.3 Å². The van der Waals surface area contributed by atoms with E-state index in [1.807, 2.05) is 23.5 Å². The molecule has 3 heterocycles. The number of hydrogen-bond acceptors (Lipinski definition) is 7. The van der Waals surface area contributed by atoms with Crippen LogP contribution in [0, 0.1) is 35.4 Å². The van der Waals surface area contributed by atoms with Gasteiger partial charge in [-0.25, -0.2) is 19.2 Å². The molecule has 3 N–H and O–H groups in total. The van der Waals surface area contributed by atoms with Gasteiger partial charge in [0.25, 0.3) is 0 Å². The number of anilines is 1. The standard InChI is InChI=1S/C32H31ClFN7O3/c1-2-19-8-10-20(11-9-19)17-41-27-26(22-12-13-24(34)23(33)16-22)36-30(28(35)37-32(42)43)38-29(27)39-31(41)40-14-15-44-18-25(40)21-6-4-3-5-7-21/h1,3-7,12-13,16,19-20,25H,8-11,14-15,17-18H2,(H2,35,37)(H,42,43)/t19?,20?,25-/m0/s1. The van der Waals surface area contributed by atoms with E-state index in [2.05, 4.69) is 37.5 Å². The number of amides is 1. The molecule has 2 aromatic carbocycles. The number of imidazole rings is 1. The van der Waals surface area contributed by atoms with Crippen molar-refractivity contribution in [1.82, 2.24) is 24.8 Å². The number of aromatic nitrogens is 4. The van der Waals surface area contributed by atoms with E-state index in [-0.39, 0.29) is 28.5 Å². The first kappa shape index (κ1) is 29.5. The molecule has 0 bridgehead atoms. The molecule has 2 aromatic heterocycles. The summed E-state index contributed by atoms with van der Waals surface area (Å²) in [7, 11) is 0. The van der Waals surface area contributed by atoms with E-state index in [0.29, 0.717) is 54.9 Å². The summed E-state index contributed by atoms with van der Waals surface area (Å²) < 4.78 is 22.3. The number of benzene rings is 2. The first-order valence-electron chi connectivity index (χ1n) is 14.5. The van der Waals surface area contributed by atoms with Gasteiger partial charge in [0.2, 0.25) is 5.95 Å². The number of morpholine rings is 1. The number of fused-ring (bicyclic) bond motifs is 1. The molecular weight excluding hydrogens is 585 g/mol. The molecule has 10 nitrogen and oxygen atoms in total. The lowest BCUT2D eigenvalue weighted by molar-refractivity contribution is 0.0927. The maximum atomic E-state index is 14.3. The van der Waals surface area contributed by atoms with Crippen LogP contribution in [0.3, 0.4) is 0 Å². The summed E-state index contributed by atoms with van der Waals surface area (Å²) in [6, 6.07) is 14.2. The Balaban J connectivity index is 1.56. The fourth-order valence-electron chi connectivity index (χ4n) is 6.10. The van der Waals surface area contributed by atoms with Gasteiger partial charge in [-0.3, -0.25) is 10.7 Å². The molecule has 0 radical (unpaired) electrons. The van der Waals surface area contributed by atoms with Crippen LogP contribution < -0.4 is 10.2 Å². The van der Waals surface area contributed by atoms with Crippen molar-refractivity contribution in [3.63, 3.8) is 0 Å². The van der Waals surface area contributed by atoms with Gasteiger partial charge in [-0.2, -0.15) is 4.98 Å². The van der Waals surface area contributed by atoms with Crippen molar-refractivity contribution in [3.8, 4) is 23.6 Å². The second kappa shape index (κ2) is 12.6. The lowest BCUT2D eigenvalue weighted by Crippen LogP contribution is -2.41. The van der Waals surface area contributed by atoms with Crippen molar-refractivity contribution in [2.24, 2.45) is 11.8 Å². The second-order valence-electron chi connectivity index (χ2n) is 11.1. The van der Waals surface area contributed by atoms with E-state index in [1.54, 1.807) is 6.07 Å². The fraction of sp³-hybridized carbons (Fsp3) is 0.344. The SMILES string of the molecule is C#CC1CCC(Cn2c(N3CCOC[C@H]3c3ccccc3)nc3nc(C(=N)NC(=O)O)nc(-c4ccc(F)c(Cl)c4)c32)CC1. The second-order valence-corrected chi connectivity index (χ2v) is 11.5. The van der Waals surface area contributed by atoms with Crippen molar-refractivity contribution in [3.05, 3.63) is 70.8 Å². The third-order valence-corrected chi connectivity index (χ3v) is 8.61. The molecule has 0 spiro atoms.